The molecule has 0 aliphatic carbocycles. The van der Waals surface area contributed by atoms with Gasteiger partial charge in [0.1, 0.15) is 12.2 Å². The molecule has 0 fully saturated rings. The van der Waals surface area contributed by atoms with Gasteiger partial charge in [0, 0.05) is 18.0 Å². The van der Waals surface area contributed by atoms with Crippen LogP contribution in [0.4, 0.5) is 0 Å². The Morgan fingerprint density at radius 1 is 1.41 bits per heavy atom. The van der Waals surface area contributed by atoms with Crippen LogP contribution < -0.4 is 5.73 Å². The Hall–Kier alpha value is -0.900. The maximum atomic E-state index is 6.46. The lowest BCUT2D eigenvalue weighted by atomic mass is 9.87. The third-order valence-electron chi connectivity index (χ3n) is 3.38. The van der Waals surface area contributed by atoms with Gasteiger partial charge in [-0.05, 0) is 26.7 Å². The Labute approximate surface area is 105 Å². The van der Waals surface area contributed by atoms with Crippen molar-refractivity contribution in [1.82, 2.24) is 14.8 Å². The molecule has 1 unspecified atom stereocenters. The molecule has 0 bridgehead atoms. The van der Waals surface area contributed by atoms with Crippen molar-refractivity contribution >= 4 is 0 Å². The first-order chi connectivity index (χ1) is 8.02. The van der Waals surface area contributed by atoms with E-state index in [0.29, 0.717) is 6.04 Å². The van der Waals surface area contributed by atoms with E-state index in [0.717, 1.165) is 25.1 Å². The summed E-state index contributed by atoms with van der Waals surface area (Å²) >= 11 is 0. The summed E-state index contributed by atoms with van der Waals surface area (Å²) in [6, 6.07) is 0.347. The number of nitrogens with zero attached hydrogens (tertiary/aromatic N) is 3. The number of rotatable bonds is 7. The highest BCUT2D eigenvalue weighted by molar-refractivity contribution is 4.97. The second kappa shape index (κ2) is 6.15. The van der Waals surface area contributed by atoms with Crippen LogP contribution in [0.25, 0.3) is 0 Å². The molecule has 0 saturated carbocycles. The molecule has 98 valence electrons. The van der Waals surface area contributed by atoms with Crippen LogP contribution in [0.15, 0.2) is 6.33 Å². The Kier molecular flexibility index (Phi) is 5.12. The zero-order chi connectivity index (χ0) is 12.9. The van der Waals surface area contributed by atoms with Crippen molar-refractivity contribution in [3.8, 4) is 0 Å². The minimum absolute atomic E-state index is 0.129. The second-order valence-corrected chi connectivity index (χ2v) is 5.21. The van der Waals surface area contributed by atoms with Crippen molar-refractivity contribution in [1.29, 1.82) is 0 Å². The van der Waals surface area contributed by atoms with Crippen LogP contribution in [0, 0.1) is 0 Å². The number of aromatic nitrogens is 3. The molecule has 0 aliphatic rings. The van der Waals surface area contributed by atoms with Crippen LogP contribution in [0.3, 0.4) is 0 Å². The number of hydrogen-bond donors (Lipinski definition) is 1. The van der Waals surface area contributed by atoms with Gasteiger partial charge in [-0.2, -0.15) is 5.10 Å². The molecule has 1 aromatic heterocycles. The fraction of sp³-hybridized carbons (Fsp3) is 0.846. The summed E-state index contributed by atoms with van der Waals surface area (Å²) in [5.41, 5.74) is 6.33. The van der Waals surface area contributed by atoms with Gasteiger partial charge in [0.2, 0.25) is 0 Å². The Morgan fingerprint density at radius 2 is 2.12 bits per heavy atom. The molecule has 4 nitrogen and oxygen atoms in total. The normalized spacial score (nSPS) is 15.2. The second-order valence-electron chi connectivity index (χ2n) is 5.21. The smallest absolute Gasteiger partial charge is 0.138 e. The van der Waals surface area contributed by atoms with Crippen LogP contribution in [-0.2, 0) is 6.42 Å². The van der Waals surface area contributed by atoms with Crippen LogP contribution in [-0.4, -0.2) is 20.3 Å². The highest BCUT2D eigenvalue weighted by Crippen LogP contribution is 2.21. The quantitative estimate of drug-likeness (QED) is 0.794. The van der Waals surface area contributed by atoms with E-state index in [-0.39, 0.29) is 5.54 Å². The maximum Gasteiger partial charge on any atom is 0.138 e. The molecule has 0 aliphatic heterocycles. The van der Waals surface area contributed by atoms with Crippen molar-refractivity contribution in [3.05, 3.63) is 12.2 Å². The van der Waals surface area contributed by atoms with E-state index in [1.807, 2.05) is 4.68 Å². The van der Waals surface area contributed by atoms with Gasteiger partial charge in [0.05, 0.1) is 0 Å². The van der Waals surface area contributed by atoms with Crippen LogP contribution >= 0.6 is 0 Å². The van der Waals surface area contributed by atoms with Crippen LogP contribution in [0.5, 0.6) is 0 Å². The van der Waals surface area contributed by atoms with Gasteiger partial charge in [0.15, 0.2) is 0 Å². The van der Waals surface area contributed by atoms with Gasteiger partial charge < -0.3 is 5.73 Å². The average Bonchev–Trinajstić information content (AvgIpc) is 2.74. The van der Waals surface area contributed by atoms with E-state index < -0.39 is 0 Å². The first-order valence-corrected chi connectivity index (χ1v) is 6.69. The molecule has 4 heteroatoms. The van der Waals surface area contributed by atoms with Crippen molar-refractivity contribution < 1.29 is 0 Å². The summed E-state index contributed by atoms with van der Waals surface area (Å²) in [6.07, 6.45) is 6.87. The minimum atomic E-state index is -0.129. The van der Waals surface area contributed by atoms with E-state index >= 15 is 0 Å². The lowest BCUT2D eigenvalue weighted by Gasteiger charge is -2.28. The molecule has 1 aromatic rings. The van der Waals surface area contributed by atoms with Crippen molar-refractivity contribution in [3.63, 3.8) is 0 Å². The first kappa shape index (κ1) is 14.2. The Morgan fingerprint density at radius 3 is 2.65 bits per heavy atom. The lowest BCUT2D eigenvalue weighted by Crippen LogP contribution is -2.42. The molecular weight excluding hydrogens is 212 g/mol. The highest BCUT2D eigenvalue weighted by Gasteiger charge is 2.25. The number of nitrogens with two attached hydrogens (primary N) is 1. The maximum absolute atomic E-state index is 6.46. The monoisotopic (exact) mass is 238 g/mol. The molecule has 17 heavy (non-hydrogen) atoms. The third-order valence-corrected chi connectivity index (χ3v) is 3.38. The molecule has 0 aromatic carbocycles. The molecule has 0 spiro atoms. The molecule has 0 saturated heterocycles. The summed E-state index contributed by atoms with van der Waals surface area (Å²) in [5, 5.41) is 4.26. The molecule has 1 rings (SSSR count). The molecular formula is C13H26N4. The molecule has 1 heterocycles. The van der Waals surface area contributed by atoms with Crippen molar-refractivity contribution in [2.45, 2.75) is 71.4 Å². The first-order valence-electron chi connectivity index (χ1n) is 6.69. The summed E-state index contributed by atoms with van der Waals surface area (Å²) in [7, 11) is 0. The molecule has 0 radical (unpaired) electrons. The summed E-state index contributed by atoms with van der Waals surface area (Å²) in [5.74, 6) is 1.01. The molecule has 1 atom stereocenters. The number of hydrogen-bond acceptors (Lipinski definition) is 3. The van der Waals surface area contributed by atoms with Gasteiger partial charge in [0.25, 0.3) is 0 Å². The van der Waals surface area contributed by atoms with Crippen molar-refractivity contribution in [2.75, 3.05) is 0 Å². The zero-order valence-corrected chi connectivity index (χ0v) is 11.6. The molecule has 0 amide bonds. The summed E-state index contributed by atoms with van der Waals surface area (Å²) in [6.45, 7) is 8.60. The summed E-state index contributed by atoms with van der Waals surface area (Å²) in [4.78, 5) is 4.35. The van der Waals surface area contributed by atoms with E-state index in [4.69, 9.17) is 5.73 Å². The van der Waals surface area contributed by atoms with E-state index in [9.17, 15) is 0 Å². The van der Waals surface area contributed by atoms with Crippen molar-refractivity contribution in [2.24, 2.45) is 5.73 Å². The standard InChI is InChI=1S/C13H26N4/c1-5-7-8-13(14,6-2)9-12-15-10-16-17(12)11(3)4/h10-11H,5-9,14H2,1-4H3. The lowest BCUT2D eigenvalue weighted by molar-refractivity contribution is 0.346. The Balaban J connectivity index is 2.76. The van der Waals surface area contributed by atoms with E-state index in [2.05, 4.69) is 37.8 Å². The van der Waals surface area contributed by atoms with E-state index in [1.165, 1.54) is 12.8 Å². The predicted molar refractivity (Wildman–Crippen MR) is 70.8 cm³/mol. The van der Waals surface area contributed by atoms with Gasteiger partial charge in [-0.3, -0.25) is 0 Å². The fourth-order valence-electron chi connectivity index (χ4n) is 2.07. The SMILES string of the molecule is CCCCC(N)(CC)Cc1ncnn1C(C)C. The zero-order valence-electron chi connectivity index (χ0n) is 11.6. The van der Waals surface area contributed by atoms with Gasteiger partial charge in [-0.1, -0.05) is 26.7 Å². The average molecular weight is 238 g/mol. The van der Waals surface area contributed by atoms with Gasteiger partial charge in [-0.15, -0.1) is 0 Å². The van der Waals surface area contributed by atoms with E-state index in [1.54, 1.807) is 6.33 Å². The summed E-state index contributed by atoms with van der Waals surface area (Å²) < 4.78 is 1.98. The van der Waals surface area contributed by atoms with Gasteiger partial charge in [-0.25, -0.2) is 9.67 Å². The number of unbranched alkanes of at least 4 members (excludes halogenated alkanes) is 1. The fourth-order valence-corrected chi connectivity index (χ4v) is 2.07. The minimum Gasteiger partial charge on any atom is -0.325 e. The third kappa shape index (κ3) is 3.80. The van der Waals surface area contributed by atoms with Crippen LogP contribution in [0.1, 0.15) is 65.2 Å². The largest absolute Gasteiger partial charge is 0.325 e. The predicted octanol–water partition coefficient (Wildman–Crippen LogP) is 2.70. The topological polar surface area (TPSA) is 56.7 Å². The Bertz CT molecular complexity index is 332. The van der Waals surface area contributed by atoms with Gasteiger partial charge >= 0.3 is 0 Å². The molecule has 2 N–H and O–H groups in total. The highest BCUT2D eigenvalue weighted by atomic mass is 15.3. The van der Waals surface area contributed by atoms with Crippen LogP contribution in [0.2, 0.25) is 0 Å².